The number of carbonyl (C=O) groups excluding carboxylic acids is 1. The molecule has 1 atom stereocenters. The molecule has 0 aliphatic rings. The van der Waals surface area contributed by atoms with Gasteiger partial charge < -0.3 is 11.1 Å². The molecule has 0 fully saturated rings. The summed E-state index contributed by atoms with van der Waals surface area (Å²) >= 11 is 6.47. The Bertz CT molecular complexity index is 415. The van der Waals surface area contributed by atoms with Crippen LogP contribution in [0.15, 0.2) is 5.38 Å². The van der Waals surface area contributed by atoms with Crippen LogP contribution in [-0.2, 0) is 11.3 Å². The number of aryl methyl sites for hydroxylation is 1. The van der Waals surface area contributed by atoms with Crippen molar-refractivity contribution in [2.45, 2.75) is 27.3 Å². The summed E-state index contributed by atoms with van der Waals surface area (Å²) in [7, 11) is 0. The summed E-state index contributed by atoms with van der Waals surface area (Å²) < 4.78 is 0. The van der Waals surface area contributed by atoms with Crippen molar-refractivity contribution in [2.75, 3.05) is 0 Å². The first kappa shape index (κ1) is 14.1. The third kappa shape index (κ3) is 4.05. The second-order valence-corrected chi connectivity index (χ2v) is 5.73. The molecule has 0 bridgehead atoms. The average molecular weight is 271 g/mol. The van der Waals surface area contributed by atoms with E-state index in [0.717, 1.165) is 10.7 Å². The van der Waals surface area contributed by atoms with E-state index in [4.69, 9.17) is 18.0 Å². The zero-order valence-electron chi connectivity index (χ0n) is 10.2. The Labute approximate surface area is 111 Å². The van der Waals surface area contributed by atoms with E-state index in [2.05, 4.69) is 10.3 Å². The fourth-order valence-electron chi connectivity index (χ4n) is 1.54. The van der Waals surface area contributed by atoms with E-state index in [1.165, 1.54) is 0 Å². The minimum Gasteiger partial charge on any atom is -0.393 e. The Balaban J connectivity index is 2.56. The van der Waals surface area contributed by atoms with Crippen LogP contribution in [-0.4, -0.2) is 15.9 Å². The van der Waals surface area contributed by atoms with Gasteiger partial charge in [0.2, 0.25) is 5.91 Å². The molecule has 1 aromatic heterocycles. The van der Waals surface area contributed by atoms with Gasteiger partial charge in [0.25, 0.3) is 0 Å². The van der Waals surface area contributed by atoms with Gasteiger partial charge in [-0.15, -0.1) is 11.3 Å². The molecule has 0 aliphatic carbocycles. The number of amides is 1. The molecular weight excluding hydrogens is 254 g/mol. The van der Waals surface area contributed by atoms with Gasteiger partial charge in [-0.1, -0.05) is 26.1 Å². The Morgan fingerprint density at radius 1 is 1.65 bits per heavy atom. The minimum absolute atomic E-state index is 0.102. The second kappa shape index (κ2) is 6.07. The highest BCUT2D eigenvalue weighted by Crippen LogP contribution is 2.12. The highest BCUT2D eigenvalue weighted by molar-refractivity contribution is 7.80. The van der Waals surface area contributed by atoms with Crippen LogP contribution >= 0.6 is 23.6 Å². The number of thiocarbonyl (C=S) groups is 1. The van der Waals surface area contributed by atoms with Crippen molar-refractivity contribution in [1.82, 2.24) is 10.3 Å². The molecule has 0 saturated heterocycles. The van der Waals surface area contributed by atoms with Crippen molar-refractivity contribution in [1.29, 1.82) is 0 Å². The van der Waals surface area contributed by atoms with Crippen molar-refractivity contribution in [3.05, 3.63) is 16.1 Å². The maximum absolute atomic E-state index is 11.9. The van der Waals surface area contributed by atoms with Crippen molar-refractivity contribution in [3.8, 4) is 0 Å². The van der Waals surface area contributed by atoms with Crippen LogP contribution in [0.1, 0.15) is 24.5 Å². The van der Waals surface area contributed by atoms with Crippen molar-refractivity contribution in [2.24, 2.45) is 17.6 Å². The molecule has 4 nitrogen and oxygen atoms in total. The fraction of sp³-hybridized carbons (Fsp3) is 0.545. The van der Waals surface area contributed by atoms with Gasteiger partial charge in [0.05, 0.1) is 28.2 Å². The predicted octanol–water partition coefficient (Wildman–Crippen LogP) is 1.63. The monoisotopic (exact) mass is 271 g/mol. The summed E-state index contributed by atoms with van der Waals surface area (Å²) in [5, 5.41) is 5.73. The van der Waals surface area contributed by atoms with Gasteiger partial charge in [0.1, 0.15) is 0 Å². The predicted molar refractivity (Wildman–Crippen MR) is 73.8 cm³/mol. The molecule has 6 heteroatoms. The molecule has 1 rings (SSSR count). The van der Waals surface area contributed by atoms with Crippen molar-refractivity contribution < 1.29 is 4.79 Å². The van der Waals surface area contributed by atoms with E-state index in [0.29, 0.717) is 6.54 Å². The van der Waals surface area contributed by atoms with Gasteiger partial charge >= 0.3 is 0 Å². The third-order valence-corrected chi connectivity index (χ3v) is 3.44. The first-order valence-corrected chi connectivity index (χ1v) is 6.68. The molecule has 0 aliphatic heterocycles. The summed E-state index contributed by atoms with van der Waals surface area (Å²) in [6.07, 6.45) is 0. The van der Waals surface area contributed by atoms with E-state index in [1.54, 1.807) is 11.3 Å². The molecule has 1 unspecified atom stereocenters. The van der Waals surface area contributed by atoms with E-state index < -0.39 is 5.92 Å². The van der Waals surface area contributed by atoms with Crippen LogP contribution in [0.25, 0.3) is 0 Å². The highest BCUT2D eigenvalue weighted by Gasteiger charge is 2.24. The lowest BCUT2D eigenvalue weighted by molar-refractivity contribution is -0.124. The van der Waals surface area contributed by atoms with E-state index in [9.17, 15) is 4.79 Å². The molecule has 0 saturated carbocycles. The number of aromatic nitrogens is 1. The number of nitrogens with one attached hydrogen (secondary N) is 1. The molecule has 94 valence electrons. The maximum Gasteiger partial charge on any atom is 0.230 e. The van der Waals surface area contributed by atoms with Crippen molar-refractivity contribution >= 4 is 34.5 Å². The van der Waals surface area contributed by atoms with E-state index in [1.807, 2.05) is 26.2 Å². The summed E-state index contributed by atoms with van der Waals surface area (Å²) in [4.78, 5) is 16.4. The SMILES string of the molecule is Cc1nc(CNC(=O)C(C(N)=S)C(C)C)cs1. The molecule has 3 N–H and O–H groups in total. The number of carbonyl (C=O) groups is 1. The normalized spacial score (nSPS) is 12.5. The van der Waals surface area contributed by atoms with Crippen LogP contribution in [0.4, 0.5) is 0 Å². The Kier molecular flexibility index (Phi) is 5.02. The topological polar surface area (TPSA) is 68.0 Å². The third-order valence-electron chi connectivity index (χ3n) is 2.37. The molecule has 1 aromatic rings. The van der Waals surface area contributed by atoms with Gasteiger partial charge in [-0.3, -0.25) is 4.79 Å². The zero-order valence-corrected chi connectivity index (χ0v) is 11.8. The summed E-state index contributed by atoms with van der Waals surface area (Å²) in [5.74, 6) is -0.437. The minimum atomic E-state index is -0.412. The molecule has 0 aromatic carbocycles. The van der Waals surface area contributed by atoms with Crippen LogP contribution in [0, 0.1) is 18.8 Å². The average Bonchev–Trinajstić information content (AvgIpc) is 2.60. The van der Waals surface area contributed by atoms with Gasteiger partial charge in [-0.25, -0.2) is 4.98 Å². The number of hydrogen-bond acceptors (Lipinski definition) is 4. The van der Waals surface area contributed by atoms with E-state index >= 15 is 0 Å². The quantitative estimate of drug-likeness (QED) is 0.799. The summed E-state index contributed by atoms with van der Waals surface area (Å²) in [6, 6.07) is 0. The van der Waals surface area contributed by atoms with Crippen LogP contribution in [0.3, 0.4) is 0 Å². The number of nitrogens with zero attached hydrogens (tertiary/aromatic N) is 1. The lowest BCUT2D eigenvalue weighted by Gasteiger charge is -2.18. The van der Waals surface area contributed by atoms with Gasteiger partial charge in [0.15, 0.2) is 0 Å². The number of nitrogens with two attached hydrogens (primary N) is 1. The van der Waals surface area contributed by atoms with Crippen molar-refractivity contribution in [3.63, 3.8) is 0 Å². The lowest BCUT2D eigenvalue weighted by Crippen LogP contribution is -2.40. The summed E-state index contributed by atoms with van der Waals surface area (Å²) in [5.41, 5.74) is 6.44. The standard InChI is InChI=1S/C11H17N3OS2/c1-6(2)9(10(12)16)11(15)13-4-8-5-17-7(3)14-8/h5-6,9H,4H2,1-3H3,(H2,12,16)(H,13,15). The first-order valence-electron chi connectivity index (χ1n) is 5.40. The van der Waals surface area contributed by atoms with Crippen LogP contribution in [0.2, 0.25) is 0 Å². The summed E-state index contributed by atoms with van der Waals surface area (Å²) in [6.45, 7) is 6.21. The van der Waals surface area contributed by atoms with Gasteiger partial charge in [0, 0.05) is 5.38 Å². The van der Waals surface area contributed by atoms with Gasteiger partial charge in [-0.05, 0) is 12.8 Å². The second-order valence-electron chi connectivity index (χ2n) is 4.20. The van der Waals surface area contributed by atoms with Crippen LogP contribution < -0.4 is 11.1 Å². The Morgan fingerprint density at radius 3 is 2.71 bits per heavy atom. The molecule has 0 radical (unpaired) electrons. The van der Waals surface area contributed by atoms with E-state index in [-0.39, 0.29) is 16.8 Å². The largest absolute Gasteiger partial charge is 0.393 e. The number of rotatable bonds is 5. The lowest BCUT2D eigenvalue weighted by atomic mass is 9.95. The molecule has 0 spiro atoms. The molecule has 1 heterocycles. The molecule has 1 amide bonds. The Morgan fingerprint density at radius 2 is 2.29 bits per heavy atom. The van der Waals surface area contributed by atoms with Crippen LogP contribution in [0.5, 0.6) is 0 Å². The number of hydrogen-bond donors (Lipinski definition) is 2. The van der Waals surface area contributed by atoms with Gasteiger partial charge in [-0.2, -0.15) is 0 Å². The fourth-order valence-corrected chi connectivity index (χ4v) is 2.53. The smallest absolute Gasteiger partial charge is 0.230 e. The molecule has 17 heavy (non-hydrogen) atoms. The highest BCUT2D eigenvalue weighted by atomic mass is 32.1. The maximum atomic E-state index is 11.9. The zero-order chi connectivity index (χ0) is 13.0. The Hall–Kier alpha value is -1.01. The first-order chi connectivity index (χ1) is 7.91. The number of thiazole rings is 1. The molecular formula is C11H17N3OS2.